The van der Waals surface area contributed by atoms with E-state index in [1.165, 1.54) is 6.07 Å². The summed E-state index contributed by atoms with van der Waals surface area (Å²) in [6, 6.07) is 12.4. The summed E-state index contributed by atoms with van der Waals surface area (Å²) in [6.07, 6.45) is 0. The van der Waals surface area contributed by atoms with Crippen LogP contribution in [0.3, 0.4) is 0 Å². The molecule has 4 nitrogen and oxygen atoms in total. The van der Waals surface area contributed by atoms with Crippen LogP contribution in [0.25, 0.3) is 0 Å². The molecule has 0 aliphatic carbocycles. The van der Waals surface area contributed by atoms with Crippen molar-refractivity contribution in [2.24, 2.45) is 0 Å². The van der Waals surface area contributed by atoms with Gasteiger partial charge in [-0.05, 0) is 44.0 Å². The number of nitro groups is 1. The Morgan fingerprint density at radius 2 is 1.68 bits per heavy atom. The van der Waals surface area contributed by atoms with E-state index < -0.39 is 0 Å². The van der Waals surface area contributed by atoms with Crippen molar-refractivity contribution < 1.29 is 4.92 Å². The lowest BCUT2D eigenvalue weighted by Gasteiger charge is -2.10. The van der Waals surface area contributed by atoms with Crippen LogP contribution in [0.4, 0.5) is 11.4 Å². The van der Waals surface area contributed by atoms with E-state index in [1.807, 2.05) is 18.2 Å². The molecule has 19 heavy (non-hydrogen) atoms. The fourth-order valence-corrected chi connectivity index (χ4v) is 2.97. The van der Waals surface area contributed by atoms with Crippen LogP contribution >= 0.6 is 31.9 Å². The summed E-state index contributed by atoms with van der Waals surface area (Å²) in [5.74, 6) is 0. The van der Waals surface area contributed by atoms with Crippen LogP contribution in [-0.4, -0.2) is 4.92 Å². The van der Waals surface area contributed by atoms with Gasteiger partial charge in [-0.15, -0.1) is 0 Å². The van der Waals surface area contributed by atoms with Crippen molar-refractivity contribution in [1.82, 2.24) is 0 Å². The quantitative estimate of drug-likeness (QED) is 0.611. The van der Waals surface area contributed by atoms with Gasteiger partial charge in [0.25, 0.3) is 5.69 Å². The normalized spacial score (nSPS) is 10.2. The molecule has 0 amide bonds. The van der Waals surface area contributed by atoms with Gasteiger partial charge < -0.3 is 5.32 Å². The third-order valence-electron chi connectivity index (χ3n) is 2.61. The van der Waals surface area contributed by atoms with E-state index in [9.17, 15) is 10.1 Å². The average molecular weight is 386 g/mol. The first-order valence-electron chi connectivity index (χ1n) is 5.50. The molecule has 2 aromatic rings. The SMILES string of the molecule is O=[N+]([O-])c1ccccc1CNc1c(Br)cccc1Br. The molecule has 0 radical (unpaired) electrons. The summed E-state index contributed by atoms with van der Waals surface area (Å²) >= 11 is 6.88. The molecule has 0 aromatic heterocycles. The van der Waals surface area contributed by atoms with E-state index in [4.69, 9.17) is 0 Å². The Labute approximate surface area is 127 Å². The number of nitrogens with zero attached hydrogens (tertiary/aromatic N) is 1. The fourth-order valence-electron chi connectivity index (χ4n) is 1.69. The smallest absolute Gasteiger partial charge is 0.274 e. The van der Waals surface area contributed by atoms with Gasteiger partial charge in [-0.25, -0.2) is 0 Å². The number of rotatable bonds is 4. The van der Waals surface area contributed by atoms with Crippen molar-refractivity contribution >= 4 is 43.2 Å². The molecular weight excluding hydrogens is 376 g/mol. The summed E-state index contributed by atoms with van der Waals surface area (Å²) in [5.41, 5.74) is 1.65. The molecule has 0 aliphatic rings. The van der Waals surface area contributed by atoms with Crippen LogP contribution < -0.4 is 5.32 Å². The van der Waals surface area contributed by atoms with Gasteiger partial charge in [-0.1, -0.05) is 24.3 Å². The Hall–Kier alpha value is -1.40. The van der Waals surface area contributed by atoms with Gasteiger partial charge in [0.1, 0.15) is 0 Å². The number of halogens is 2. The highest BCUT2D eigenvalue weighted by atomic mass is 79.9. The first-order chi connectivity index (χ1) is 9.09. The molecule has 0 fully saturated rings. The number of hydrogen-bond donors (Lipinski definition) is 1. The van der Waals surface area contributed by atoms with E-state index in [0.29, 0.717) is 12.1 Å². The minimum absolute atomic E-state index is 0.123. The van der Waals surface area contributed by atoms with Crippen molar-refractivity contribution in [3.8, 4) is 0 Å². The van der Waals surface area contributed by atoms with Crippen LogP contribution in [0.5, 0.6) is 0 Å². The number of hydrogen-bond acceptors (Lipinski definition) is 3. The van der Waals surface area contributed by atoms with Crippen molar-refractivity contribution in [3.63, 3.8) is 0 Å². The maximum absolute atomic E-state index is 10.9. The lowest BCUT2D eigenvalue weighted by Crippen LogP contribution is -2.03. The van der Waals surface area contributed by atoms with Gasteiger partial charge in [0.2, 0.25) is 0 Å². The summed E-state index contributed by atoms with van der Waals surface area (Å²) in [4.78, 5) is 10.6. The fraction of sp³-hybridized carbons (Fsp3) is 0.0769. The van der Waals surface area contributed by atoms with Gasteiger partial charge in [-0.2, -0.15) is 0 Å². The standard InChI is InChI=1S/C13H10Br2N2O2/c14-10-5-3-6-11(15)13(10)16-8-9-4-1-2-7-12(9)17(18)19/h1-7,16H,8H2. The molecule has 0 atom stereocenters. The topological polar surface area (TPSA) is 55.2 Å². The number of para-hydroxylation sites is 2. The summed E-state index contributed by atoms with van der Waals surface area (Å²) < 4.78 is 1.81. The lowest BCUT2D eigenvalue weighted by molar-refractivity contribution is -0.385. The van der Waals surface area contributed by atoms with Gasteiger partial charge in [0.05, 0.1) is 10.6 Å². The van der Waals surface area contributed by atoms with Crippen LogP contribution in [0.15, 0.2) is 51.4 Å². The average Bonchev–Trinajstić information content (AvgIpc) is 2.38. The maximum atomic E-state index is 10.9. The molecule has 0 aliphatic heterocycles. The molecule has 0 saturated carbocycles. The molecule has 0 unspecified atom stereocenters. The molecule has 1 N–H and O–H groups in total. The van der Waals surface area contributed by atoms with Crippen molar-refractivity contribution in [3.05, 3.63) is 67.1 Å². The van der Waals surface area contributed by atoms with Crippen LogP contribution in [0.1, 0.15) is 5.56 Å². The van der Waals surface area contributed by atoms with E-state index in [-0.39, 0.29) is 10.6 Å². The third kappa shape index (κ3) is 3.33. The Morgan fingerprint density at radius 3 is 2.32 bits per heavy atom. The van der Waals surface area contributed by atoms with Crippen LogP contribution in [-0.2, 0) is 6.54 Å². The highest BCUT2D eigenvalue weighted by Gasteiger charge is 2.12. The predicted octanol–water partition coefficient (Wildman–Crippen LogP) is 4.73. The highest BCUT2D eigenvalue weighted by molar-refractivity contribution is 9.11. The number of benzene rings is 2. The van der Waals surface area contributed by atoms with E-state index in [2.05, 4.69) is 37.2 Å². The Balaban J connectivity index is 2.22. The number of anilines is 1. The van der Waals surface area contributed by atoms with Gasteiger partial charge >= 0.3 is 0 Å². The monoisotopic (exact) mass is 384 g/mol. The first kappa shape index (κ1) is 14.0. The summed E-state index contributed by atoms with van der Waals surface area (Å²) in [5, 5.41) is 14.1. The van der Waals surface area contributed by atoms with Crippen molar-refractivity contribution in [1.29, 1.82) is 0 Å². The Morgan fingerprint density at radius 1 is 1.05 bits per heavy atom. The van der Waals surface area contributed by atoms with Crippen LogP contribution in [0.2, 0.25) is 0 Å². The molecule has 0 heterocycles. The third-order valence-corrected chi connectivity index (χ3v) is 3.93. The van der Waals surface area contributed by atoms with E-state index in [0.717, 1.165) is 14.6 Å². The molecule has 0 spiro atoms. The van der Waals surface area contributed by atoms with Gasteiger partial charge in [-0.3, -0.25) is 10.1 Å². The van der Waals surface area contributed by atoms with Crippen LogP contribution in [0, 0.1) is 10.1 Å². The number of nitrogens with one attached hydrogen (secondary N) is 1. The molecule has 98 valence electrons. The minimum atomic E-state index is -0.369. The molecule has 0 bridgehead atoms. The minimum Gasteiger partial charge on any atom is -0.379 e. The molecule has 0 saturated heterocycles. The lowest BCUT2D eigenvalue weighted by atomic mass is 10.2. The molecule has 2 aromatic carbocycles. The number of nitro benzene ring substituents is 1. The molecular formula is C13H10Br2N2O2. The molecule has 2 rings (SSSR count). The summed E-state index contributed by atoms with van der Waals surface area (Å²) in [6.45, 7) is 0.387. The largest absolute Gasteiger partial charge is 0.379 e. The Bertz CT molecular complexity index is 597. The summed E-state index contributed by atoms with van der Waals surface area (Å²) in [7, 11) is 0. The highest BCUT2D eigenvalue weighted by Crippen LogP contribution is 2.31. The van der Waals surface area contributed by atoms with E-state index in [1.54, 1.807) is 18.2 Å². The maximum Gasteiger partial charge on any atom is 0.274 e. The first-order valence-corrected chi connectivity index (χ1v) is 7.08. The Kier molecular flexibility index (Phi) is 4.55. The zero-order valence-electron chi connectivity index (χ0n) is 9.77. The van der Waals surface area contributed by atoms with Crippen molar-refractivity contribution in [2.75, 3.05) is 5.32 Å². The van der Waals surface area contributed by atoms with Gasteiger partial charge in [0.15, 0.2) is 0 Å². The molecule has 6 heteroatoms. The second kappa shape index (κ2) is 6.16. The zero-order valence-corrected chi connectivity index (χ0v) is 12.9. The van der Waals surface area contributed by atoms with Gasteiger partial charge in [0, 0.05) is 27.1 Å². The van der Waals surface area contributed by atoms with E-state index >= 15 is 0 Å². The zero-order chi connectivity index (χ0) is 13.8. The second-order valence-electron chi connectivity index (χ2n) is 3.84. The van der Waals surface area contributed by atoms with Crippen molar-refractivity contribution in [2.45, 2.75) is 6.54 Å². The predicted molar refractivity (Wildman–Crippen MR) is 82.3 cm³/mol. The second-order valence-corrected chi connectivity index (χ2v) is 5.54.